The van der Waals surface area contributed by atoms with E-state index in [0.717, 1.165) is 24.6 Å². The Kier molecular flexibility index (Phi) is 7.39. The molecular formula is C13H26IN5. The van der Waals surface area contributed by atoms with Gasteiger partial charge in [0.05, 0.1) is 5.69 Å². The van der Waals surface area contributed by atoms with Crippen molar-refractivity contribution < 1.29 is 0 Å². The fourth-order valence-corrected chi connectivity index (χ4v) is 2.13. The Bertz CT molecular complexity index is 424. The molecule has 0 bridgehead atoms. The van der Waals surface area contributed by atoms with Crippen molar-refractivity contribution in [2.24, 2.45) is 12.0 Å². The largest absolute Gasteiger partial charge is 0.349 e. The van der Waals surface area contributed by atoms with Crippen molar-refractivity contribution in [2.45, 2.75) is 20.3 Å². The topological polar surface area (TPSA) is 36.7 Å². The lowest BCUT2D eigenvalue weighted by atomic mass is 10.1. The summed E-state index contributed by atoms with van der Waals surface area (Å²) in [6.45, 7) is 4.96. The summed E-state index contributed by atoms with van der Waals surface area (Å²) >= 11 is 0. The molecule has 0 saturated heterocycles. The van der Waals surface area contributed by atoms with Crippen LogP contribution < -0.4 is 0 Å². The maximum absolute atomic E-state index is 4.64. The van der Waals surface area contributed by atoms with Crippen LogP contribution in [0.15, 0.2) is 4.99 Å². The first-order valence-corrected chi connectivity index (χ1v) is 6.22. The smallest absolute Gasteiger partial charge is 0.195 e. The van der Waals surface area contributed by atoms with Gasteiger partial charge in [-0.05, 0) is 25.8 Å². The summed E-state index contributed by atoms with van der Waals surface area (Å²) in [5.74, 6) is 0.995. The molecule has 0 atom stereocenters. The molecule has 0 fully saturated rings. The fourth-order valence-electron chi connectivity index (χ4n) is 2.13. The average Bonchev–Trinajstić information content (AvgIpc) is 2.48. The van der Waals surface area contributed by atoms with Crippen LogP contribution in [0.3, 0.4) is 0 Å². The molecule has 0 amide bonds. The molecule has 0 saturated carbocycles. The number of aromatic nitrogens is 2. The highest BCUT2D eigenvalue weighted by Crippen LogP contribution is 2.12. The zero-order valence-electron chi connectivity index (χ0n) is 13.1. The first kappa shape index (κ1) is 18.2. The third-order valence-corrected chi connectivity index (χ3v) is 3.07. The molecule has 0 aliphatic carbocycles. The molecule has 1 rings (SSSR count). The third-order valence-electron chi connectivity index (χ3n) is 3.07. The Hall–Kier alpha value is -0.790. The number of rotatable bonds is 3. The number of guanidine groups is 1. The van der Waals surface area contributed by atoms with Gasteiger partial charge in [0.15, 0.2) is 5.96 Å². The van der Waals surface area contributed by atoms with Gasteiger partial charge in [-0.25, -0.2) is 0 Å². The van der Waals surface area contributed by atoms with Crippen LogP contribution in [0.1, 0.15) is 17.0 Å². The SMILES string of the molecule is Cc1nn(C)c(C)c1CCN=C(N(C)C)N(C)C.I. The van der Waals surface area contributed by atoms with Gasteiger partial charge in [0, 0.05) is 47.5 Å². The van der Waals surface area contributed by atoms with Gasteiger partial charge < -0.3 is 9.80 Å². The van der Waals surface area contributed by atoms with Gasteiger partial charge in [-0.3, -0.25) is 9.67 Å². The number of hydrogen-bond acceptors (Lipinski definition) is 2. The minimum Gasteiger partial charge on any atom is -0.349 e. The summed E-state index contributed by atoms with van der Waals surface area (Å²) < 4.78 is 1.94. The van der Waals surface area contributed by atoms with Crippen LogP contribution in [0.4, 0.5) is 0 Å². The minimum absolute atomic E-state index is 0. The molecule has 1 aromatic rings. The summed E-state index contributed by atoms with van der Waals surface area (Å²) in [5, 5.41) is 4.43. The molecule has 0 aliphatic rings. The van der Waals surface area contributed by atoms with Crippen molar-refractivity contribution in [2.75, 3.05) is 34.7 Å². The Balaban J connectivity index is 0.00000324. The van der Waals surface area contributed by atoms with E-state index in [1.165, 1.54) is 11.3 Å². The van der Waals surface area contributed by atoms with Crippen molar-refractivity contribution in [1.82, 2.24) is 19.6 Å². The molecular weight excluding hydrogens is 353 g/mol. The Labute approximate surface area is 133 Å². The van der Waals surface area contributed by atoms with Gasteiger partial charge in [0.1, 0.15) is 0 Å². The Morgan fingerprint density at radius 2 is 1.68 bits per heavy atom. The highest BCUT2D eigenvalue weighted by molar-refractivity contribution is 14.0. The monoisotopic (exact) mass is 379 g/mol. The zero-order chi connectivity index (χ0) is 13.9. The second-order valence-corrected chi connectivity index (χ2v) is 4.99. The highest BCUT2D eigenvalue weighted by Gasteiger charge is 2.09. The third kappa shape index (κ3) is 4.67. The summed E-state index contributed by atoms with van der Waals surface area (Å²) in [6.07, 6.45) is 0.941. The first-order chi connectivity index (χ1) is 8.34. The number of hydrogen-bond donors (Lipinski definition) is 0. The number of nitrogens with zero attached hydrogens (tertiary/aromatic N) is 5. The minimum atomic E-state index is 0. The summed E-state index contributed by atoms with van der Waals surface area (Å²) in [4.78, 5) is 8.70. The van der Waals surface area contributed by atoms with Crippen LogP contribution in [-0.4, -0.2) is 60.3 Å². The molecule has 6 heteroatoms. The van der Waals surface area contributed by atoms with E-state index in [0.29, 0.717) is 0 Å². The number of aryl methyl sites for hydroxylation is 2. The Morgan fingerprint density at radius 3 is 2.05 bits per heavy atom. The van der Waals surface area contributed by atoms with E-state index in [4.69, 9.17) is 0 Å². The van der Waals surface area contributed by atoms with Crippen LogP contribution in [0.5, 0.6) is 0 Å². The zero-order valence-corrected chi connectivity index (χ0v) is 15.4. The van der Waals surface area contributed by atoms with Crippen molar-refractivity contribution in [1.29, 1.82) is 0 Å². The molecule has 0 radical (unpaired) electrons. The van der Waals surface area contributed by atoms with Gasteiger partial charge in [-0.1, -0.05) is 0 Å². The lowest BCUT2D eigenvalue weighted by Crippen LogP contribution is -2.35. The molecule has 1 heterocycles. The van der Waals surface area contributed by atoms with E-state index < -0.39 is 0 Å². The van der Waals surface area contributed by atoms with Gasteiger partial charge in [-0.15, -0.1) is 24.0 Å². The van der Waals surface area contributed by atoms with Crippen LogP contribution in [0, 0.1) is 13.8 Å². The van der Waals surface area contributed by atoms with E-state index in [2.05, 4.69) is 23.9 Å². The second-order valence-electron chi connectivity index (χ2n) is 4.99. The lowest BCUT2D eigenvalue weighted by molar-refractivity contribution is 0.479. The van der Waals surface area contributed by atoms with Crippen molar-refractivity contribution in [3.05, 3.63) is 17.0 Å². The molecule has 5 nitrogen and oxygen atoms in total. The van der Waals surface area contributed by atoms with E-state index in [-0.39, 0.29) is 24.0 Å². The van der Waals surface area contributed by atoms with Crippen LogP contribution in [-0.2, 0) is 13.5 Å². The maximum atomic E-state index is 4.64. The summed E-state index contributed by atoms with van der Waals surface area (Å²) in [6, 6.07) is 0. The predicted molar refractivity (Wildman–Crippen MR) is 91.5 cm³/mol. The molecule has 0 unspecified atom stereocenters. The van der Waals surface area contributed by atoms with Crippen LogP contribution in [0.25, 0.3) is 0 Å². The van der Waals surface area contributed by atoms with Crippen LogP contribution in [0.2, 0.25) is 0 Å². The van der Waals surface area contributed by atoms with Gasteiger partial charge in [0.2, 0.25) is 0 Å². The highest BCUT2D eigenvalue weighted by atomic mass is 127. The normalized spacial score (nSPS) is 9.84. The maximum Gasteiger partial charge on any atom is 0.195 e. The van der Waals surface area contributed by atoms with E-state index >= 15 is 0 Å². The van der Waals surface area contributed by atoms with Crippen LogP contribution >= 0.6 is 24.0 Å². The van der Waals surface area contributed by atoms with Gasteiger partial charge in [0.25, 0.3) is 0 Å². The summed E-state index contributed by atoms with van der Waals surface area (Å²) in [5.41, 5.74) is 3.67. The molecule has 0 N–H and O–H groups in total. The standard InChI is InChI=1S/C13H25N5.HI/c1-10-12(11(2)18(7)15-10)8-9-14-13(16(3)4)17(5)6;/h8-9H2,1-7H3;1H. The molecule has 0 spiro atoms. The fraction of sp³-hybridized carbons (Fsp3) is 0.692. The number of halogens is 1. The average molecular weight is 379 g/mol. The van der Waals surface area contributed by atoms with E-state index in [1.54, 1.807) is 0 Å². The van der Waals surface area contributed by atoms with Gasteiger partial charge in [-0.2, -0.15) is 5.10 Å². The first-order valence-electron chi connectivity index (χ1n) is 6.22. The van der Waals surface area contributed by atoms with E-state index in [1.807, 2.05) is 49.7 Å². The van der Waals surface area contributed by atoms with E-state index in [9.17, 15) is 0 Å². The molecule has 19 heavy (non-hydrogen) atoms. The van der Waals surface area contributed by atoms with Gasteiger partial charge >= 0.3 is 0 Å². The second kappa shape index (κ2) is 7.72. The predicted octanol–water partition coefficient (Wildman–Crippen LogP) is 1.68. The Morgan fingerprint density at radius 1 is 1.16 bits per heavy atom. The molecule has 1 aromatic heterocycles. The quantitative estimate of drug-likeness (QED) is 0.456. The molecule has 110 valence electrons. The number of aliphatic imine (C=N–C) groups is 1. The molecule has 0 aliphatic heterocycles. The van der Waals surface area contributed by atoms with Crippen molar-refractivity contribution in [3.63, 3.8) is 0 Å². The lowest BCUT2D eigenvalue weighted by Gasteiger charge is -2.22. The molecule has 0 aromatic carbocycles. The summed E-state index contributed by atoms with van der Waals surface area (Å²) in [7, 11) is 10.0. The van der Waals surface area contributed by atoms with Crippen molar-refractivity contribution in [3.8, 4) is 0 Å². The van der Waals surface area contributed by atoms with Crippen molar-refractivity contribution >= 4 is 29.9 Å².